The minimum Gasteiger partial charge on any atom is -0.246 e. The standard InChI is InChI=1S/C6H5Br2N/c1-4-2-5(7)3-6(8)9-4/h2-3H,1H3/i2D,3D. The maximum Gasteiger partial charge on any atom is 0.107 e. The fraction of sp³-hybridized carbons (Fsp3) is 0.167. The molecule has 0 N–H and O–H groups in total. The fourth-order valence-corrected chi connectivity index (χ4v) is 1.69. The Kier molecular flexibility index (Phi) is 1.51. The molecule has 0 saturated carbocycles. The molecule has 3 heteroatoms. The lowest BCUT2D eigenvalue weighted by molar-refractivity contribution is 1.16. The van der Waals surface area contributed by atoms with E-state index in [9.17, 15) is 0 Å². The van der Waals surface area contributed by atoms with Gasteiger partial charge in [-0.3, -0.25) is 0 Å². The van der Waals surface area contributed by atoms with Gasteiger partial charge in [-0.1, -0.05) is 15.9 Å². The van der Waals surface area contributed by atoms with E-state index in [2.05, 4.69) is 36.8 Å². The molecular formula is C6H5Br2N. The van der Waals surface area contributed by atoms with Crippen molar-refractivity contribution in [3.8, 4) is 0 Å². The number of pyridine rings is 1. The van der Waals surface area contributed by atoms with Gasteiger partial charge in [-0.2, -0.15) is 0 Å². The lowest BCUT2D eigenvalue weighted by atomic mass is 10.4. The van der Waals surface area contributed by atoms with Crippen LogP contribution < -0.4 is 0 Å². The van der Waals surface area contributed by atoms with Crippen LogP contribution in [0, 0.1) is 6.92 Å². The fourth-order valence-electron chi connectivity index (χ4n) is 0.484. The Labute approximate surface area is 73.6 Å². The topological polar surface area (TPSA) is 12.9 Å². The van der Waals surface area contributed by atoms with Crippen LogP contribution in [0.5, 0.6) is 0 Å². The summed E-state index contributed by atoms with van der Waals surface area (Å²) in [5, 5.41) is 0. The molecule has 1 aromatic heterocycles. The number of rotatable bonds is 0. The Morgan fingerprint density at radius 1 is 1.56 bits per heavy atom. The van der Waals surface area contributed by atoms with E-state index in [0.717, 1.165) is 0 Å². The predicted octanol–water partition coefficient (Wildman–Crippen LogP) is 2.92. The first kappa shape index (κ1) is 4.85. The Morgan fingerprint density at radius 3 is 2.89 bits per heavy atom. The van der Waals surface area contributed by atoms with Gasteiger partial charge >= 0.3 is 0 Å². The molecule has 1 rings (SSSR count). The van der Waals surface area contributed by atoms with Crippen molar-refractivity contribution >= 4 is 31.9 Å². The first-order valence-corrected chi connectivity index (χ1v) is 3.91. The smallest absolute Gasteiger partial charge is 0.107 e. The Hall–Kier alpha value is 0.110. The number of halogens is 2. The summed E-state index contributed by atoms with van der Waals surface area (Å²) in [7, 11) is 0. The average Bonchev–Trinajstić information content (AvgIpc) is 1.97. The van der Waals surface area contributed by atoms with Crippen molar-refractivity contribution in [1.82, 2.24) is 4.98 Å². The molecule has 1 nitrogen and oxygen atoms in total. The summed E-state index contributed by atoms with van der Waals surface area (Å²) in [6.07, 6.45) is 0. The maximum atomic E-state index is 7.43. The zero-order chi connectivity index (χ0) is 8.59. The van der Waals surface area contributed by atoms with Crippen LogP contribution in [0.2, 0.25) is 0 Å². The van der Waals surface area contributed by atoms with Gasteiger partial charge in [0.1, 0.15) is 4.60 Å². The van der Waals surface area contributed by atoms with Crippen LogP contribution in [0.4, 0.5) is 0 Å². The van der Waals surface area contributed by atoms with Crippen molar-refractivity contribution in [3.63, 3.8) is 0 Å². The number of aryl methyl sites for hydroxylation is 1. The zero-order valence-electron chi connectivity index (χ0n) is 6.70. The minimum atomic E-state index is 0.223. The van der Waals surface area contributed by atoms with Crippen molar-refractivity contribution in [1.29, 1.82) is 0 Å². The van der Waals surface area contributed by atoms with Gasteiger partial charge in [0, 0.05) is 10.2 Å². The minimum absolute atomic E-state index is 0.223. The molecule has 0 unspecified atom stereocenters. The van der Waals surface area contributed by atoms with Crippen LogP contribution in [0.25, 0.3) is 0 Å². The molecule has 0 saturated heterocycles. The van der Waals surface area contributed by atoms with Gasteiger partial charge in [0.2, 0.25) is 0 Å². The summed E-state index contributed by atoms with van der Waals surface area (Å²) in [5.74, 6) is 0. The first-order chi connectivity index (χ1) is 5.04. The third-order valence-electron chi connectivity index (χ3n) is 0.769. The summed E-state index contributed by atoms with van der Waals surface area (Å²) in [6, 6.07) is 0.499. The van der Waals surface area contributed by atoms with Crippen molar-refractivity contribution in [2.45, 2.75) is 6.92 Å². The molecule has 0 aromatic carbocycles. The Balaban J connectivity index is 3.46. The molecule has 0 aliphatic heterocycles. The molecule has 0 spiro atoms. The van der Waals surface area contributed by atoms with Gasteiger partial charge in [0.05, 0.1) is 2.74 Å². The van der Waals surface area contributed by atoms with Gasteiger partial charge in [-0.05, 0) is 34.9 Å². The number of aromatic nitrogens is 1. The maximum absolute atomic E-state index is 7.43. The second-order valence-electron chi connectivity index (χ2n) is 1.55. The molecule has 0 amide bonds. The van der Waals surface area contributed by atoms with Gasteiger partial charge in [-0.25, -0.2) is 4.98 Å². The Bertz CT molecular complexity index is 275. The highest BCUT2D eigenvalue weighted by molar-refractivity contribution is 9.11. The molecule has 1 aromatic rings. The van der Waals surface area contributed by atoms with E-state index < -0.39 is 0 Å². The summed E-state index contributed by atoms with van der Waals surface area (Å²) in [5.41, 5.74) is 0.611. The summed E-state index contributed by atoms with van der Waals surface area (Å²) in [6.45, 7) is 1.73. The second-order valence-corrected chi connectivity index (χ2v) is 3.10. The monoisotopic (exact) mass is 251 g/mol. The number of nitrogens with zero attached hydrogens (tertiary/aromatic N) is 1. The van der Waals surface area contributed by atoms with E-state index in [1.54, 1.807) is 6.92 Å². The van der Waals surface area contributed by atoms with E-state index in [1.807, 2.05) is 0 Å². The highest BCUT2D eigenvalue weighted by atomic mass is 79.9. The van der Waals surface area contributed by atoms with E-state index in [1.165, 1.54) is 0 Å². The van der Waals surface area contributed by atoms with Crippen molar-refractivity contribution in [3.05, 3.63) is 26.9 Å². The van der Waals surface area contributed by atoms with Crippen LogP contribution >= 0.6 is 31.9 Å². The highest BCUT2D eigenvalue weighted by Gasteiger charge is 1.91. The zero-order valence-corrected chi connectivity index (χ0v) is 7.88. The van der Waals surface area contributed by atoms with Crippen LogP contribution in [0.3, 0.4) is 0 Å². The molecule has 48 valence electrons. The van der Waals surface area contributed by atoms with E-state index in [4.69, 9.17) is 2.74 Å². The molecule has 0 aliphatic rings. The highest BCUT2D eigenvalue weighted by Crippen LogP contribution is 2.15. The first-order valence-electron chi connectivity index (χ1n) is 3.33. The van der Waals surface area contributed by atoms with Gasteiger partial charge in [0.25, 0.3) is 0 Å². The normalized spacial score (nSPS) is 12.8. The largest absolute Gasteiger partial charge is 0.246 e. The molecular weight excluding hydrogens is 246 g/mol. The SMILES string of the molecule is [2H]c1c(C)nc(Br)c([2H])c1Br. The predicted molar refractivity (Wildman–Crippen MR) is 44.4 cm³/mol. The molecule has 0 bridgehead atoms. The third kappa shape index (κ3) is 2.06. The molecule has 0 fully saturated rings. The van der Waals surface area contributed by atoms with Gasteiger partial charge in [0.15, 0.2) is 0 Å². The number of hydrogen-bond acceptors (Lipinski definition) is 1. The van der Waals surface area contributed by atoms with E-state index in [-0.39, 0.29) is 12.1 Å². The van der Waals surface area contributed by atoms with Crippen LogP contribution in [0.15, 0.2) is 21.2 Å². The quantitative estimate of drug-likeness (QED) is 0.647. The third-order valence-corrected chi connectivity index (χ3v) is 1.54. The van der Waals surface area contributed by atoms with Crippen LogP contribution in [-0.2, 0) is 0 Å². The van der Waals surface area contributed by atoms with E-state index >= 15 is 0 Å². The molecule has 0 aliphatic carbocycles. The molecule has 1 heterocycles. The summed E-state index contributed by atoms with van der Waals surface area (Å²) >= 11 is 6.25. The summed E-state index contributed by atoms with van der Waals surface area (Å²) < 4.78 is 15.8. The second kappa shape index (κ2) is 2.80. The van der Waals surface area contributed by atoms with Gasteiger partial charge in [-0.15, -0.1) is 0 Å². The van der Waals surface area contributed by atoms with Crippen LogP contribution in [0.1, 0.15) is 8.44 Å². The lowest BCUT2D eigenvalue weighted by Crippen LogP contribution is -1.79. The van der Waals surface area contributed by atoms with Crippen molar-refractivity contribution in [2.75, 3.05) is 0 Å². The average molecular weight is 253 g/mol. The summed E-state index contributed by atoms with van der Waals surface area (Å²) in [4.78, 5) is 3.95. The van der Waals surface area contributed by atoms with Crippen molar-refractivity contribution in [2.24, 2.45) is 0 Å². The lowest BCUT2D eigenvalue weighted by Gasteiger charge is -1.93. The van der Waals surface area contributed by atoms with Crippen molar-refractivity contribution < 1.29 is 2.74 Å². The molecule has 0 atom stereocenters. The van der Waals surface area contributed by atoms with Crippen LogP contribution in [-0.4, -0.2) is 4.98 Å². The Morgan fingerprint density at radius 2 is 2.22 bits per heavy atom. The molecule has 9 heavy (non-hydrogen) atoms. The van der Waals surface area contributed by atoms with E-state index in [0.29, 0.717) is 14.8 Å². The number of hydrogen-bond donors (Lipinski definition) is 0. The molecule has 0 radical (unpaired) electrons. The van der Waals surface area contributed by atoms with Gasteiger partial charge < -0.3 is 0 Å².